The lowest BCUT2D eigenvalue weighted by atomic mass is 10.00. The van der Waals surface area contributed by atoms with Crippen molar-refractivity contribution in [3.05, 3.63) is 93.5 Å². The first kappa shape index (κ1) is 21.2. The molecule has 4 aromatic rings. The summed E-state index contributed by atoms with van der Waals surface area (Å²) in [6, 6.07) is 15.9. The molecule has 0 bridgehead atoms. The molecule has 0 fully saturated rings. The summed E-state index contributed by atoms with van der Waals surface area (Å²) in [5.74, 6) is -0.975. The summed E-state index contributed by atoms with van der Waals surface area (Å²) in [5.41, 5.74) is 3.22. The van der Waals surface area contributed by atoms with Gasteiger partial charge in [0, 0.05) is 23.9 Å². The maximum absolute atomic E-state index is 13.4. The standard InChI is InChI=1S/C25H22FN3O3/c1-14-12-19(15(2)27-21-7-5-4-6-18(21)25(31)32)22-20(13-14)24(30)29(3)23(28-22)16-8-10-17(26)11-9-16/h4-13,15,27H,1-3H3,(H,31,32)/t15-/m0/s1. The van der Waals surface area contributed by atoms with Gasteiger partial charge in [0.15, 0.2) is 0 Å². The number of aromatic nitrogens is 2. The first-order chi connectivity index (χ1) is 15.3. The highest BCUT2D eigenvalue weighted by Crippen LogP contribution is 2.29. The van der Waals surface area contributed by atoms with E-state index in [0.717, 1.165) is 11.1 Å². The summed E-state index contributed by atoms with van der Waals surface area (Å²) < 4.78 is 14.9. The SMILES string of the molecule is Cc1cc([C@H](C)Nc2ccccc2C(=O)O)c2nc(-c3ccc(F)cc3)n(C)c(=O)c2c1. The van der Waals surface area contributed by atoms with Crippen molar-refractivity contribution in [3.8, 4) is 11.4 Å². The molecule has 0 aliphatic heterocycles. The van der Waals surface area contributed by atoms with Crippen LogP contribution in [0.3, 0.4) is 0 Å². The number of halogens is 1. The van der Waals surface area contributed by atoms with Gasteiger partial charge in [-0.25, -0.2) is 14.2 Å². The highest BCUT2D eigenvalue weighted by atomic mass is 19.1. The zero-order chi connectivity index (χ0) is 23.0. The molecule has 0 aliphatic rings. The molecule has 4 rings (SSSR count). The fraction of sp³-hybridized carbons (Fsp3) is 0.160. The van der Waals surface area contributed by atoms with Crippen molar-refractivity contribution in [2.45, 2.75) is 19.9 Å². The molecule has 2 N–H and O–H groups in total. The van der Waals surface area contributed by atoms with E-state index in [1.165, 1.54) is 22.8 Å². The van der Waals surface area contributed by atoms with Gasteiger partial charge in [-0.3, -0.25) is 9.36 Å². The van der Waals surface area contributed by atoms with Gasteiger partial charge in [-0.15, -0.1) is 0 Å². The zero-order valence-corrected chi connectivity index (χ0v) is 17.9. The molecule has 0 aliphatic carbocycles. The lowest BCUT2D eigenvalue weighted by Crippen LogP contribution is -2.22. The zero-order valence-electron chi connectivity index (χ0n) is 17.9. The van der Waals surface area contributed by atoms with Crippen LogP contribution in [-0.4, -0.2) is 20.6 Å². The lowest BCUT2D eigenvalue weighted by Gasteiger charge is -2.20. The number of hydrogen-bond acceptors (Lipinski definition) is 4. The van der Waals surface area contributed by atoms with Crippen LogP contribution in [0.25, 0.3) is 22.3 Å². The molecule has 1 aromatic heterocycles. The largest absolute Gasteiger partial charge is 0.478 e. The van der Waals surface area contributed by atoms with Crippen LogP contribution in [-0.2, 0) is 7.05 Å². The Kier molecular flexibility index (Phi) is 5.48. The van der Waals surface area contributed by atoms with Crippen LogP contribution in [0.5, 0.6) is 0 Å². The van der Waals surface area contributed by atoms with E-state index in [1.54, 1.807) is 43.4 Å². The number of nitrogens with zero attached hydrogens (tertiary/aromatic N) is 2. The summed E-state index contributed by atoms with van der Waals surface area (Å²) in [5, 5.41) is 13.2. The molecule has 162 valence electrons. The lowest BCUT2D eigenvalue weighted by molar-refractivity contribution is 0.0698. The second-order valence-electron chi connectivity index (χ2n) is 7.77. The number of aromatic carboxylic acids is 1. The minimum atomic E-state index is -1.03. The Morgan fingerprint density at radius 2 is 1.81 bits per heavy atom. The molecule has 1 atom stereocenters. The van der Waals surface area contributed by atoms with Crippen molar-refractivity contribution >= 4 is 22.6 Å². The van der Waals surface area contributed by atoms with Gasteiger partial charge in [0.05, 0.1) is 22.5 Å². The number of nitrogens with one attached hydrogen (secondary N) is 1. The first-order valence-corrected chi connectivity index (χ1v) is 10.1. The summed E-state index contributed by atoms with van der Waals surface area (Å²) in [6.07, 6.45) is 0. The van der Waals surface area contributed by atoms with Crippen LogP contribution in [0.15, 0.2) is 65.5 Å². The van der Waals surface area contributed by atoms with Gasteiger partial charge in [-0.2, -0.15) is 0 Å². The van der Waals surface area contributed by atoms with Gasteiger partial charge < -0.3 is 10.4 Å². The minimum absolute atomic E-state index is 0.159. The van der Waals surface area contributed by atoms with Gasteiger partial charge in [0.25, 0.3) is 5.56 Å². The quantitative estimate of drug-likeness (QED) is 0.469. The van der Waals surface area contributed by atoms with E-state index in [1.807, 2.05) is 19.9 Å². The van der Waals surface area contributed by atoms with Gasteiger partial charge in [0.2, 0.25) is 0 Å². The summed E-state index contributed by atoms with van der Waals surface area (Å²) in [6.45, 7) is 3.79. The van der Waals surface area contributed by atoms with Crippen LogP contribution in [0.4, 0.5) is 10.1 Å². The normalized spacial score (nSPS) is 12.0. The van der Waals surface area contributed by atoms with E-state index in [9.17, 15) is 19.1 Å². The maximum atomic E-state index is 13.4. The number of para-hydroxylation sites is 1. The molecule has 0 spiro atoms. The maximum Gasteiger partial charge on any atom is 0.337 e. The Bertz CT molecular complexity index is 1390. The number of fused-ring (bicyclic) bond motifs is 1. The number of hydrogen-bond donors (Lipinski definition) is 2. The number of carbonyl (C=O) groups is 1. The predicted octanol–water partition coefficient (Wildman–Crippen LogP) is 4.92. The molecular weight excluding hydrogens is 409 g/mol. The smallest absolute Gasteiger partial charge is 0.337 e. The van der Waals surface area contributed by atoms with Crippen molar-refractivity contribution in [2.75, 3.05) is 5.32 Å². The minimum Gasteiger partial charge on any atom is -0.478 e. The Morgan fingerprint density at radius 3 is 2.50 bits per heavy atom. The molecule has 1 heterocycles. The first-order valence-electron chi connectivity index (χ1n) is 10.1. The van der Waals surface area contributed by atoms with Crippen LogP contribution in [0.1, 0.15) is 34.5 Å². The Hall–Kier alpha value is -4.00. The third kappa shape index (κ3) is 3.85. The second-order valence-corrected chi connectivity index (χ2v) is 7.77. The van der Waals surface area contributed by atoms with Crippen LogP contribution in [0, 0.1) is 12.7 Å². The van der Waals surface area contributed by atoms with Crippen LogP contribution >= 0.6 is 0 Å². The molecule has 0 saturated heterocycles. The molecule has 0 saturated carbocycles. The fourth-order valence-electron chi connectivity index (χ4n) is 3.85. The molecule has 0 amide bonds. The Labute approximate surface area is 184 Å². The summed E-state index contributed by atoms with van der Waals surface area (Å²) in [4.78, 5) is 29.5. The number of carboxylic acids is 1. The van der Waals surface area contributed by atoms with E-state index in [2.05, 4.69) is 5.32 Å². The van der Waals surface area contributed by atoms with Crippen LogP contribution < -0.4 is 10.9 Å². The van der Waals surface area contributed by atoms with Gasteiger partial charge >= 0.3 is 5.97 Å². The molecular formula is C25H22FN3O3. The van der Waals surface area contributed by atoms with E-state index >= 15 is 0 Å². The van der Waals surface area contributed by atoms with E-state index in [0.29, 0.717) is 28.0 Å². The van der Waals surface area contributed by atoms with Crippen molar-refractivity contribution in [1.82, 2.24) is 9.55 Å². The highest BCUT2D eigenvalue weighted by molar-refractivity contribution is 5.94. The highest BCUT2D eigenvalue weighted by Gasteiger charge is 2.19. The Balaban J connectivity index is 1.89. The number of rotatable bonds is 5. The van der Waals surface area contributed by atoms with Crippen molar-refractivity contribution in [2.24, 2.45) is 7.05 Å². The van der Waals surface area contributed by atoms with Crippen molar-refractivity contribution in [3.63, 3.8) is 0 Å². The topological polar surface area (TPSA) is 84.2 Å². The molecule has 6 nitrogen and oxygen atoms in total. The number of anilines is 1. The third-order valence-corrected chi connectivity index (χ3v) is 5.45. The van der Waals surface area contributed by atoms with Gasteiger partial charge in [-0.05, 0) is 61.9 Å². The van der Waals surface area contributed by atoms with Crippen molar-refractivity contribution in [1.29, 1.82) is 0 Å². The number of benzene rings is 3. The predicted molar refractivity (Wildman–Crippen MR) is 123 cm³/mol. The monoisotopic (exact) mass is 431 g/mol. The molecule has 7 heteroatoms. The van der Waals surface area contributed by atoms with Crippen molar-refractivity contribution < 1.29 is 14.3 Å². The second kappa shape index (κ2) is 8.26. The molecule has 32 heavy (non-hydrogen) atoms. The van der Waals surface area contributed by atoms with E-state index in [4.69, 9.17) is 4.98 Å². The van der Waals surface area contributed by atoms with E-state index < -0.39 is 5.97 Å². The molecule has 3 aromatic carbocycles. The Morgan fingerprint density at radius 1 is 1.12 bits per heavy atom. The van der Waals surface area contributed by atoms with Gasteiger partial charge in [0.1, 0.15) is 11.6 Å². The van der Waals surface area contributed by atoms with Crippen LogP contribution in [0.2, 0.25) is 0 Å². The third-order valence-electron chi connectivity index (χ3n) is 5.45. The average Bonchev–Trinajstić information content (AvgIpc) is 2.77. The number of aryl methyl sites for hydroxylation is 1. The summed E-state index contributed by atoms with van der Waals surface area (Å²) in [7, 11) is 1.64. The summed E-state index contributed by atoms with van der Waals surface area (Å²) >= 11 is 0. The average molecular weight is 431 g/mol. The molecule has 0 radical (unpaired) electrons. The molecule has 0 unspecified atom stereocenters. The van der Waals surface area contributed by atoms with Gasteiger partial charge in [-0.1, -0.05) is 18.2 Å². The fourth-order valence-corrected chi connectivity index (χ4v) is 3.85. The number of carboxylic acid groups (broad SMARTS) is 1. The van der Waals surface area contributed by atoms with E-state index in [-0.39, 0.29) is 23.0 Å².